The number of hydrogen-bond acceptors (Lipinski definition) is 7. The van der Waals surface area contributed by atoms with Crippen LogP contribution in [-0.4, -0.2) is 32.3 Å². The Hall–Kier alpha value is -4.57. The van der Waals surface area contributed by atoms with Gasteiger partial charge in [-0.3, -0.25) is 24.3 Å². The largest absolute Gasteiger partial charge is 0.276 e. The fourth-order valence-electron chi connectivity index (χ4n) is 3.49. The fraction of sp³-hybridized carbons (Fsp3) is 0.0769. The highest BCUT2D eigenvalue weighted by molar-refractivity contribution is 7.99. The van der Waals surface area contributed by atoms with Crippen LogP contribution < -0.4 is 11.0 Å². The van der Waals surface area contributed by atoms with E-state index in [2.05, 4.69) is 15.5 Å². The first-order valence-electron chi connectivity index (χ1n) is 10.9. The summed E-state index contributed by atoms with van der Waals surface area (Å²) in [5.74, 6) is -0.420. The van der Waals surface area contributed by atoms with Crippen LogP contribution in [0, 0.1) is 17.0 Å². The smallest absolute Gasteiger partial charge is 0.272 e. The maximum atomic E-state index is 13.3. The zero-order chi connectivity index (χ0) is 25.5. The molecule has 1 aromatic heterocycles. The minimum atomic E-state index is -0.465. The summed E-state index contributed by atoms with van der Waals surface area (Å²) in [6.45, 7) is 1.91. The number of amides is 1. The molecule has 1 N–H and O–H groups in total. The van der Waals surface area contributed by atoms with Crippen LogP contribution in [0.5, 0.6) is 0 Å². The Morgan fingerprint density at radius 3 is 2.64 bits per heavy atom. The number of fused-ring (bicyclic) bond motifs is 1. The van der Waals surface area contributed by atoms with E-state index >= 15 is 0 Å². The number of hydrogen-bond donors (Lipinski definition) is 1. The van der Waals surface area contributed by atoms with Crippen molar-refractivity contribution in [2.24, 2.45) is 5.10 Å². The number of rotatable bonds is 8. The Labute approximate surface area is 210 Å². The third kappa shape index (κ3) is 5.56. The molecule has 1 heterocycles. The number of nitrogens with zero attached hydrogens (tertiary/aromatic N) is 4. The summed E-state index contributed by atoms with van der Waals surface area (Å²) in [4.78, 5) is 40.9. The topological polar surface area (TPSA) is 119 Å². The molecule has 0 aliphatic rings. The Balaban J connectivity index is 1.48. The Morgan fingerprint density at radius 2 is 1.83 bits per heavy atom. The molecular weight excluding hydrogens is 478 g/mol. The van der Waals surface area contributed by atoms with Crippen LogP contribution in [0.4, 0.5) is 5.69 Å². The lowest BCUT2D eigenvalue weighted by molar-refractivity contribution is -0.385. The highest BCUT2D eigenvalue weighted by atomic mass is 32.2. The lowest BCUT2D eigenvalue weighted by Gasteiger charge is -2.14. The van der Waals surface area contributed by atoms with Crippen molar-refractivity contribution in [2.75, 3.05) is 5.75 Å². The van der Waals surface area contributed by atoms with E-state index in [1.807, 2.05) is 31.2 Å². The number of nitrogens with one attached hydrogen (secondary N) is 1. The lowest BCUT2D eigenvalue weighted by atomic mass is 10.2. The molecule has 0 saturated heterocycles. The Bertz CT molecular complexity index is 1560. The molecule has 0 fully saturated rings. The number of aromatic nitrogens is 2. The molecular formula is C26H21N5O4S. The quantitative estimate of drug-likeness (QED) is 0.125. The van der Waals surface area contributed by atoms with E-state index < -0.39 is 10.8 Å². The standard InChI is InChI=1S/C26H21N5O4S/c1-18-9-2-6-14-22(18)30-25(33)20-12-4-5-13-21(20)28-26(30)36-17-24(32)29-27-16-8-11-19-10-3-7-15-23(19)31(34)35/h2-16H,17H2,1H3,(H,29,32). The number of hydrazone groups is 1. The number of nitro benzene ring substituents is 1. The van der Waals surface area contributed by atoms with Crippen molar-refractivity contribution in [3.8, 4) is 5.69 Å². The zero-order valence-electron chi connectivity index (χ0n) is 19.2. The SMILES string of the molecule is Cc1ccccc1-n1c(SCC(=O)NN=CC=Cc2ccccc2[N+](=O)[O-])nc2ccccc2c1=O. The van der Waals surface area contributed by atoms with Crippen molar-refractivity contribution >= 4 is 46.5 Å². The molecule has 9 nitrogen and oxygen atoms in total. The molecule has 0 radical (unpaired) electrons. The molecule has 0 bridgehead atoms. The highest BCUT2D eigenvalue weighted by Gasteiger charge is 2.16. The average molecular weight is 500 g/mol. The number of thioether (sulfide) groups is 1. The molecule has 36 heavy (non-hydrogen) atoms. The number of aryl methyl sites for hydroxylation is 1. The highest BCUT2D eigenvalue weighted by Crippen LogP contribution is 2.23. The van der Waals surface area contributed by atoms with Crippen LogP contribution >= 0.6 is 11.8 Å². The van der Waals surface area contributed by atoms with E-state index in [9.17, 15) is 19.7 Å². The van der Waals surface area contributed by atoms with E-state index in [0.29, 0.717) is 27.3 Å². The van der Waals surface area contributed by atoms with Crippen molar-refractivity contribution in [1.29, 1.82) is 0 Å². The summed E-state index contributed by atoms with van der Waals surface area (Å²) in [5.41, 5.74) is 4.74. The molecule has 4 rings (SSSR count). The van der Waals surface area contributed by atoms with Crippen LogP contribution in [-0.2, 0) is 4.79 Å². The van der Waals surface area contributed by atoms with E-state index in [-0.39, 0.29) is 17.0 Å². The predicted molar refractivity (Wildman–Crippen MR) is 142 cm³/mol. The second-order valence-electron chi connectivity index (χ2n) is 7.62. The van der Waals surface area contributed by atoms with Gasteiger partial charge in [-0.05, 0) is 48.9 Å². The summed E-state index contributed by atoms with van der Waals surface area (Å²) in [6.07, 6.45) is 4.36. The first-order chi connectivity index (χ1) is 17.5. The van der Waals surface area contributed by atoms with E-state index in [0.717, 1.165) is 17.3 Å². The first-order valence-corrected chi connectivity index (χ1v) is 11.9. The first kappa shape index (κ1) is 24.6. The van der Waals surface area contributed by atoms with Gasteiger partial charge in [-0.1, -0.05) is 54.2 Å². The number of para-hydroxylation sites is 3. The molecule has 1 amide bonds. The maximum absolute atomic E-state index is 13.3. The van der Waals surface area contributed by atoms with Crippen LogP contribution in [0.25, 0.3) is 22.7 Å². The number of allylic oxidation sites excluding steroid dienone is 1. The minimum Gasteiger partial charge on any atom is -0.272 e. The zero-order valence-corrected chi connectivity index (χ0v) is 20.0. The third-order valence-corrected chi connectivity index (χ3v) is 6.13. The lowest BCUT2D eigenvalue weighted by Crippen LogP contribution is -2.24. The predicted octanol–water partition coefficient (Wildman–Crippen LogP) is 4.51. The number of nitro groups is 1. The van der Waals surface area contributed by atoms with Gasteiger partial charge in [-0.2, -0.15) is 5.10 Å². The summed E-state index contributed by atoms with van der Waals surface area (Å²) >= 11 is 1.13. The molecule has 180 valence electrons. The van der Waals surface area contributed by atoms with Gasteiger partial charge < -0.3 is 0 Å². The molecule has 0 unspecified atom stereocenters. The molecule has 0 atom stereocenters. The van der Waals surface area contributed by atoms with Crippen LogP contribution in [0.3, 0.4) is 0 Å². The Morgan fingerprint density at radius 1 is 1.11 bits per heavy atom. The summed E-state index contributed by atoms with van der Waals surface area (Å²) in [7, 11) is 0. The van der Waals surface area contributed by atoms with Gasteiger partial charge in [-0.25, -0.2) is 10.4 Å². The van der Waals surface area contributed by atoms with E-state index in [1.165, 1.54) is 29.0 Å². The van der Waals surface area contributed by atoms with Crippen molar-refractivity contribution in [3.63, 3.8) is 0 Å². The van der Waals surface area contributed by atoms with Gasteiger partial charge in [0.05, 0.1) is 32.8 Å². The van der Waals surface area contributed by atoms with E-state index in [4.69, 9.17) is 0 Å². The van der Waals surface area contributed by atoms with Crippen LogP contribution in [0.2, 0.25) is 0 Å². The summed E-state index contributed by atoms with van der Waals surface area (Å²) in [6, 6.07) is 20.9. The second kappa shape index (κ2) is 11.2. The third-order valence-electron chi connectivity index (χ3n) is 5.19. The molecule has 0 saturated carbocycles. The van der Waals surface area contributed by atoms with Crippen LogP contribution in [0.15, 0.2) is 93.9 Å². The van der Waals surface area contributed by atoms with Crippen LogP contribution in [0.1, 0.15) is 11.1 Å². The number of carbonyl (C=O) groups is 1. The monoisotopic (exact) mass is 499 g/mol. The number of benzene rings is 3. The van der Waals surface area contributed by atoms with Gasteiger partial charge in [0.25, 0.3) is 17.2 Å². The van der Waals surface area contributed by atoms with Crippen molar-refractivity contribution in [3.05, 3.63) is 110 Å². The van der Waals surface area contributed by atoms with Gasteiger partial charge in [0, 0.05) is 12.3 Å². The molecule has 0 aliphatic carbocycles. The molecule has 0 aliphatic heterocycles. The maximum Gasteiger partial charge on any atom is 0.276 e. The van der Waals surface area contributed by atoms with Gasteiger partial charge >= 0.3 is 0 Å². The fourth-order valence-corrected chi connectivity index (χ4v) is 4.29. The van der Waals surface area contributed by atoms with Gasteiger partial charge in [-0.15, -0.1) is 0 Å². The van der Waals surface area contributed by atoms with Gasteiger partial charge in [0.2, 0.25) is 0 Å². The van der Waals surface area contributed by atoms with Gasteiger partial charge in [0.15, 0.2) is 5.16 Å². The average Bonchev–Trinajstić information content (AvgIpc) is 2.88. The van der Waals surface area contributed by atoms with Crippen molar-refractivity contribution in [1.82, 2.24) is 15.0 Å². The van der Waals surface area contributed by atoms with E-state index in [1.54, 1.807) is 42.5 Å². The molecule has 3 aromatic carbocycles. The minimum absolute atomic E-state index is 0.0230. The normalized spacial score (nSPS) is 11.4. The molecule has 10 heteroatoms. The van der Waals surface area contributed by atoms with Crippen molar-refractivity contribution in [2.45, 2.75) is 12.1 Å². The van der Waals surface area contributed by atoms with Gasteiger partial charge in [0.1, 0.15) is 0 Å². The van der Waals surface area contributed by atoms with Crippen molar-refractivity contribution < 1.29 is 9.72 Å². The summed E-state index contributed by atoms with van der Waals surface area (Å²) < 4.78 is 1.52. The number of carbonyl (C=O) groups excluding carboxylic acids is 1. The summed E-state index contributed by atoms with van der Waals surface area (Å²) in [5, 5.41) is 15.8. The Kier molecular flexibility index (Phi) is 7.66. The molecule has 0 spiro atoms. The second-order valence-corrected chi connectivity index (χ2v) is 8.56. The molecule has 4 aromatic rings.